The molecule has 0 aliphatic heterocycles. The Balaban J connectivity index is 2.12. The highest BCUT2D eigenvalue weighted by molar-refractivity contribution is 6.12. The number of hydrogen-bond donors (Lipinski definition) is 0. The smallest absolute Gasteiger partial charge is 0.434 e. The van der Waals surface area contributed by atoms with Crippen molar-refractivity contribution in [2.45, 2.75) is 60.3 Å². The van der Waals surface area contributed by atoms with Crippen molar-refractivity contribution in [3.05, 3.63) is 48.0 Å². The predicted octanol–water partition coefficient (Wildman–Crippen LogP) is 8.07. The van der Waals surface area contributed by atoms with E-state index in [0.29, 0.717) is 33.0 Å². The molecule has 0 fully saturated rings. The van der Waals surface area contributed by atoms with E-state index in [1.807, 2.05) is 70.2 Å². The third kappa shape index (κ3) is 7.10. The number of rotatable bonds is 10. The van der Waals surface area contributed by atoms with Gasteiger partial charge in [0.05, 0.1) is 13.2 Å². The summed E-state index contributed by atoms with van der Waals surface area (Å²) in [5.41, 5.74) is 1.12. The third-order valence-electron chi connectivity index (χ3n) is 5.50. The zero-order valence-corrected chi connectivity index (χ0v) is 21.4. The lowest BCUT2D eigenvalue weighted by molar-refractivity contribution is 0.0879. The number of carbonyl (C=O) groups is 2. The average Bonchev–Trinajstić information content (AvgIpc) is 2.83. The normalized spacial score (nSPS) is 11.3. The van der Waals surface area contributed by atoms with Gasteiger partial charge < -0.3 is 18.9 Å². The summed E-state index contributed by atoms with van der Waals surface area (Å²) in [6.07, 6.45) is 2.71. The van der Waals surface area contributed by atoms with Crippen LogP contribution in [0.4, 0.5) is 9.59 Å². The highest BCUT2D eigenvalue weighted by Gasteiger charge is 2.22. The Morgan fingerprint density at radius 2 is 1.23 bits per heavy atom. The maximum Gasteiger partial charge on any atom is 0.513 e. The molecule has 0 amide bonds. The molecule has 0 aliphatic rings. The Morgan fingerprint density at radius 1 is 0.714 bits per heavy atom. The Labute approximate surface area is 207 Å². The molecule has 0 saturated heterocycles. The summed E-state index contributed by atoms with van der Waals surface area (Å²) in [6.45, 7) is 10.5. The van der Waals surface area contributed by atoms with Crippen molar-refractivity contribution in [3.8, 4) is 11.5 Å². The highest BCUT2D eigenvalue weighted by Crippen LogP contribution is 2.43. The van der Waals surface area contributed by atoms with Gasteiger partial charge in [0.25, 0.3) is 0 Å². The molecule has 0 aliphatic carbocycles. The summed E-state index contributed by atoms with van der Waals surface area (Å²) >= 11 is 0. The molecule has 3 aromatic carbocycles. The van der Waals surface area contributed by atoms with Crippen molar-refractivity contribution in [1.82, 2.24) is 0 Å². The topological polar surface area (TPSA) is 71.1 Å². The van der Waals surface area contributed by atoms with Crippen LogP contribution < -0.4 is 9.47 Å². The average molecular weight is 481 g/mol. The fourth-order valence-electron chi connectivity index (χ4n) is 3.80. The monoisotopic (exact) mass is 480 g/mol. The second kappa shape index (κ2) is 12.4. The van der Waals surface area contributed by atoms with Gasteiger partial charge in [0.2, 0.25) is 0 Å². The first-order valence-corrected chi connectivity index (χ1v) is 12.5. The molecular formula is C29H36O6. The molecule has 3 rings (SSSR count). The van der Waals surface area contributed by atoms with Gasteiger partial charge in [0, 0.05) is 21.5 Å². The van der Waals surface area contributed by atoms with Crippen LogP contribution in [0.5, 0.6) is 11.5 Å². The molecule has 0 radical (unpaired) electrons. The third-order valence-corrected chi connectivity index (χ3v) is 5.50. The van der Waals surface area contributed by atoms with Crippen molar-refractivity contribution in [2.75, 3.05) is 13.2 Å². The Bertz CT molecular complexity index is 1160. The molecule has 0 N–H and O–H groups in total. The molecule has 0 aromatic heterocycles. The van der Waals surface area contributed by atoms with E-state index in [4.69, 9.17) is 18.9 Å². The molecule has 3 aromatic rings. The summed E-state index contributed by atoms with van der Waals surface area (Å²) < 4.78 is 22.1. The summed E-state index contributed by atoms with van der Waals surface area (Å²) in [5.74, 6) is 1.15. The van der Waals surface area contributed by atoms with Crippen LogP contribution in [0.3, 0.4) is 0 Å². The highest BCUT2D eigenvalue weighted by atomic mass is 16.7. The van der Waals surface area contributed by atoms with Crippen LogP contribution in [0.25, 0.3) is 21.5 Å². The molecular weight excluding hydrogens is 444 g/mol. The van der Waals surface area contributed by atoms with Gasteiger partial charge in [-0.2, -0.15) is 0 Å². The lowest BCUT2D eigenvalue weighted by atomic mass is 9.97. The minimum absolute atomic E-state index is 0.189. The van der Waals surface area contributed by atoms with Crippen LogP contribution in [0.15, 0.2) is 42.5 Å². The van der Waals surface area contributed by atoms with Crippen LogP contribution in [0.2, 0.25) is 0 Å². The van der Waals surface area contributed by atoms with Crippen molar-refractivity contribution >= 4 is 33.9 Å². The van der Waals surface area contributed by atoms with Crippen molar-refractivity contribution < 1.29 is 28.5 Å². The van der Waals surface area contributed by atoms with Crippen molar-refractivity contribution in [1.29, 1.82) is 0 Å². The Hall–Kier alpha value is -3.28. The second-order valence-electron chi connectivity index (χ2n) is 9.65. The zero-order chi connectivity index (χ0) is 25.4. The summed E-state index contributed by atoms with van der Waals surface area (Å²) in [6, 6.07) is 13.3. The molecule has 0 heterocycles. The van der Waals surface area contributed by atoms with Crippen LogP contribution in [-0.4, -0.2) is 25.5 Å². The lowest BCUT2D eigenvalue weighted by Crippen LogP contribution is -2.16. The molecule has 0 bridgehead atoms. The van der Waals surface area contributed by atoms with Crippen LogP contribution in [0, 0.1) is 11.8 Å². The molecule has 188 valence electrons. The molecule has 0 unspecified atom stereocenters. The zero-order valence-electron chi connectivity index (χ0n) is 21.4. The van der Waals surface area contributed by atoms with Gasteiger partial charge in [-0.1, -0.05) is 83.9 Å². The van der Waals surface area contributed by atoms with Crippen LogP contribution >= 0.6 is 0 Å². The fraction of sp³-hybridized carbons (Fsp3) is 0.448. The SMILES string of the molecule is CCCCCc1ccc2c(OC(=O)OCC(C)C)c3ccccc3c(OC(=O)OCC(C)C)c2c1. The van der Waals surface area contributed by atoms with Crippen molar-refractivity contribution in [2.24, 2.45) is 11.8 Å². The Kier molecular flexibility index (Phi) is 9.35. The molecule has 6 nitrogen and oxygen atoms in total. The largest absolute Gasteiger partial charge is 0.513 e. The van der Waals surface area contributed by atoms with Gasteiger partial charge in [0.15, 0.2) is 0 Å². The standard InChI is InChI=1S/C29H36O6/c1-6-7-8-11-21-14-15-24-25(16-21)27(35-29(31)33-18-20(4)5)23-13-10-9-12-22(23)26(24)34-28(30)32-17-19(2)3/h9-10,12-16,19-20H,6-8,11,17-18H2,1-5H3. The van der Waals surface area contributed by atoms with E-state index in [2.05, 4.69) is 6.92 Å². The van der Waals surface area contributed by atoms with Gasteiger partial charge in [-0.3, -0.25) is 0 Å². The minimum atomic E-state index is -0.762. The van der Waals surface area contributed by atoms with E-state index in [1.165, 1.54) is 0 Å². The maximum atomic E-state index is 12.6. The molecule has 35 heavy (non-hydrogen) atoms. The lowest BCUT2D eigenvalue weighted by Gasteiger charge is -2.17. The van der Waals surface area contributed by atoms with Gasteiger partial charge >= 0.3 is 12.3 Å². The Morgan fingerprint density at radius 3 is 1.74 bits per heavy atom. The number of aryl methyl sites for hydroxylation is 1. The number of unbranched alkanes of at least 4 members (excludes halogenated alkanes) is 2. The van der Waals surface area contributed by atoms with E-state index in [-0.39, 0.29) is 25.0 Å². The molecule has 6 heteroatoms. The molecule has 0 saturated carbocycles. The van der Waals surface area contributed by atoms with Gasteiger partial charge in [0.1, 0.15) is 11.5 Å². The number of hydrogen-bond acceptors (Lipinski definition) is 6. The van der Waals surface area contributed by atoms with Gasteiger partial charge in [-0.05, 0) is 36.3 Å². The summed E-state index contributed by atoms with van der Waals surface area (Å²) in [4.78, 5) is 25.1. The van der Waals surface area contributed by atoms with Crippen LogP contribution in [-0.2, 0) is 15.9 Å². The van der Waals surface area contributed by atoms with Crippen molar-refractivity contribution in [3.63, 3.8) is 0 Å². The fourth-order valence-corrected chi connectivity index (χ4v) is 3.80. The van der Waals surface area contributed by atoms with Crippen LogP contribution in [0.1, 0.15) is 59.4 Å². The van der Waals surface area contributed by atoms with Gasteiger partial charge in [-0.15, -0.1) is 0 Å². The minimum Gasteiger partial charge on any atom is -0.434 e. The number of ether oxygens (including phenoxy) is 4. The number of fused-ring (bicyclic) bond motifs is 2. The first-order valence-electron chi connectivity index (χ1n) is 12.5. The van der Waals surface area contributed by atoms with Gasteiger partial charge in [-0.25, -0.2) is 9.59 Å². The van der Waals surface area contributed by atoms with E-state index in [0.717, 1.165) is 31.2 Å². The van der Waals surface area contributed by atoms with E-state index in [9.17, 15) is 9.59 Å². The second-order valence-corrected chi connectivity index (χ2v) is 9.65. The van der Waals surface area contributed by atoms with E-state index < -0.39 is 12.3 Å². The molecule has 0 spiro atoms. The molecule has 0 atom stereocenters. The summed E-state index contributed by atoms with van der Waals surface area (Å²) in [5, 5.41) is 2.65. The maximum absolute atomic E-state index is 12.6. The predicted molar refractivity (Wildman–Crippen MR) is 138 cm³/mol. The van der Waals surface area contributed by atoms with E-state index >= 15 is 0 Å². The first-order chi connectivity index (χ1) is 16.8. The quantitative estimate of drug-likeness (QED) is 0.126. The number of benzene rings is 3. The number of carbonyl (C=O) groups excluding carboxylic acids is 2. The summed E-state index contributed by atoms with van der Waals surface area (Å²) in [7, 11) is 0. The van der Waals surface area contributed by atoms with E-state index in [1.54, 1.807) is 0 Å². The first kappa shape index (κ1) is 26.3.